The van der Waals surface area contributed by atoms with E-state index in [4.69, 9.17) is 0 Å². The third-order valence-corrected chi connectivity index (χ3v) is 4.38. The lowest BCUT2D eigenvalue weighted by atomic mass is 10.00. The van der Waals surface area contributed by atoms with Crippen LogP contribution in [-0.4, -0.2) is 42.0 Å². The molecule has 4 heteroatoms. The molecule has 1 atom stereocenters. The van der Waals surface area contributed by atoms with Crippen LogP contribution in [0, 0.1) is 0 Å². The van der Waals surface area contributed by atoms with Gasteiger partial charge in [0, 0.05) is 31.2 Å². The normalized spacial score (nSPS) is 21.0. The second kappa shape index (κ2) is 7.75. The van der Waals surface area contributed by atoms with Gasteiger partial charge in [-0.2, -0.15) is 0 Å². The molecule has 0 radical (unpaired) electrons. The van der Waals surface area contributed by atoms with E-state index in [2.05, 4.69) is 66.6 Å². The molecule has 4 nitrogen and oxygen atoms in total. The first-order valence-electron chi connectivity index (χ1n) is 8.30. The molecule has 1 aromatic rings. The number of nitrogens with one attached hydrogen (secondary N) is 2. The van der Waals surface area contributed by atoms with Gasteiger partial charge in [-0.15, -0.1) is 0 Å². The summed E-state index contributed by atoms with van der Waals surface area (Å²) in [6.07, 6.45) is 2.05. The van der Waals surface area contributed by atoms with E-state index >= 15 is 0 Å². The minimum absolute atomic E-state index is 0.0983. The first-order chi connectivity index (χ1) is 10.5. The monoisotopic (exact) mass is 303 g/mol. The van der Waals surface area contributed by atoms with Crippen LogP contribution in [0.1, 0.15) is 39.2 Å². The highest BCUT2D eigenvalue weighted by atomic mass is 16.1. The maximum Gasteiger partial charge on any atom is 0.233 e. The van der Waals surface area contributed by atoms with Crippen LogP contribution in [0.3, 0.4) is 0 Å². The van der Waals surface area contributed by atoms with Crippen molar-refractivity contribution in [2.45, 2.75) is 51.7 Å². The quantitative estimate of drug-likeness (QED) is 0.811. The number of likely N-dealkylation sites (tertiary alicyclic amines) is 1. The van der Waals surface area contributed by atoms with E-state index in [9.17, 15) is 4.79 Å². The van der Waals surface area contributed by atoms with Crippen molar-refractivity contribution in [2.24, 2.45) is 0 Å². The van der Waals surface area contributed by atoms with Gasteiger partial charge < -0.3 is 10.6 Å². The van der Waals surface area contributed by atoms with Crippen LogP contribution in [0.25, 0.3) is 0 Å². The van der Waals surface area contributed by atoms with E-state index < -0.39 is 0 Å². The molecule has 1 fully saturated rings. The number of carbonyl (C=O) groups is 1. The number of benzene rings is 1. The zero-order chi connectivity index (χ0) is 16.0. The predicted molar refractivity (Wildman–Crippen MR) is 90.6 cm³/mol. The second-order valence-corrected chi connectivity index (χ2v) is 6.81. The smallest absolute Gasteiger partial charge is 0.233 e. The zero-order valence-electron chi connectivity index (χ0n) is 14.1. The summed E-state index contributed by atoms with van der Waals surface area (Å²) in [5.74, 6) is 0.0983. The van der Waals surface area contributed by atoms with Crippen LogP contribution in [0.15, 0.2) is 30.3 Å². The summed E-state index contributed by atoms with van der Waals surface area (Å²) in [5.41, 5.74) is 1.50. The molecule has 122 valence electrons. The zero-order valence-corrected chi connectivity index (χ0v) is 14.1. The van der Waals surface area contributed by atoms with Gasteiger partial charge in [0.25, 0.3) is 0 Å². The molecule has 22 heavy (non-hydrogen) atoms. The standard InChI is InChI=1S/C18H29N3O/c1-4-10-19-17(22)12-20-16-11-18(2,3)21(14-16)13-15-8-6-5-7-9-15/h5-9,16,20H,4,10-14H2,1-3H3,(H,19,22)/t16-/m1/s1. The molecule has 1 saturated heterocycles. The summed E-state index contributed by atoms with van der Waals surface area (Å²) < 4.78 is 0. The van der Waals surface area contributed by atoms with Crippen LogP contribution in [0.4, 0.5) is 0 Å². The van der Waals surface area contributed by atoms with Crippen LogP contribution >= 0.6 is 0 Å². The van der Waals surface area contributed by atoms with Crippen molar-refractivity contribution in [1.82, 2.24) is 15.5 Å². The lowest BCUT2D eigenvalue weighted by Gasteiger charge is -2.31. The molecule has 0 saturated carbocycles. The summed E-state index contributed by atoms with van der Waals surface area (Å²) in [7, 11) is 0. The Bertz CT molecular complexity index is 472. The Hall–Kier alpha value is -1.39. The van der Waals surface area contributed by atoms with Crippen molar-refractivity contribution in [1.29, 1.82) is 0 Å². The Morgan fingerprint density at radius 1 is 1.32 bits per heavy atom. The van der Waals surface area contributed by atoms with Gasteiger partial charge in [-0.05, 0) is 32.3 Å². The highest BCUT2D eigenvalue weighted by Gasteiger charge is 2.37. The average molecular weight is 303 g/mol. The van der Waals surface area contributed by atoms with Crippen molar-refractivity contribution in [3.63, 3.8) is 0 Å². The number of hydrogen-bond donors (Lipinski definition) is 2. The minimum atomic E-state index is 0.0983. The van der Waals surface area contributed by atoms with Crippen LogP contribution in [0.5, 0.6) is 0 Å². The Labute approximate surface area is 134 Å². The van der Waals surface area contributed by atoms with Gasteiger partial charge in [-0.3, -0.25) is 9.69 Å². The Kier molecular flexibility index (Phi) is 5.98. The van der Waals surface area contributed by atoms with E-state index in [1.165, 1.54) is 5.56 Å². The summed E-state index contributed by atoms with van der Waals surface area (Å²) in [4.78, 5) is 14.2. The minimum Gasteiger partial charge on any atom is -0.355 e. The van der Waals surface area contributed by atoms with Gasteiger partial charge >= 0.3 is 0 Å². The summed E-state index contributed by atoms with van der Waals surface area (Å²) in [6.45, 7) is 9.77. The first kappa shape index (κ1) is 17.0. The summed E-state index contributed by atoms with van der Waals surface area (Å²) in [6, 6.07) is 11.0. The fraction of sp³-hybridized carbons (Fsp3) is 0.611. The third kappa shape index (κ3) is 4.82. The maximum absolute atomic E-state index is 11.7. The molecule has 0 aromatic heterocycles. The molecule has 0 unspecified atom stereocenters. The van der Waals surface area contributed by atoms with E-state index in [-0.39, 0.29) is 11.4 Å². The second-order valence-electron chi connectivity index (χ2n) is 6.81. The third-order valence-electron chi connectivity index (χ3n) is 4.38. The average Bonchev–Trinajstić information content (AvgIpc) is 2.78. The van der Waals surface area contributed by atoms with Crippen LogP contribution < -0.4 is 10.6 Å². The van der Waals surface area contributed by atoms with Gasteiger partial charge in [0.15, 0.2) is 0 Å². The molecule has 1 aliphatic rings. The van der Waals surface area contributed by atoms with E-state index in [0.29, 0.717) is 12.6 Å². The number of rotatable bonds is 7. The fourth-order valence-electron chi connectivity index (χ4n) is 3.09. The molecule has 2 rings (SSSR count). The fourth-order valence-corrected chi connectivity index (χ4v) is 3.09. The highest BCUT2D eigenvalue weighted by Crippen LogP contribution is 2.30. The highest BCUT2D eigenvalue weighted by molar-refractivity contribution is 5.77. The molecule has 1 aliphatic heterocycles. The van der Waals surface area contributed by atoms with Crippen molar-refractivity contribution in [2.75, 3.05) is 19.6 Å². The van der Waals surface area contributed by atoms with Crippen LogP contribution in [0.2, 0.25) is 0 Å². The predicted octanol–water partition coefficient (Wildman–Crippen LogP) is 2.16. The van der Waals surface area contributed by atoms with Crippen molar-refractivity contribution >= 4 is 5.91 Å². The van der Waals surface area contributed by atoms with Gasteiger partial charge in [-0.1, -0.05) is 37.3 Å². The Balaban J connectivity index is 1.83. The number of carbonyl (C=O) groups excluding carboxylic acids is 1. The van der Waals surface area contributed by atoms with Crippen molar-refractivity contribution in [3.8, 4) is 0 Å². The molecule has 1 aromatic carbocycles. The van der Waals surface area contributed by atoms with Crippen molar-refractivity contribution in [3.05, 3.63) is 35.9 Å². The van der Waals surface area contributed by atoms with E-state index in [1.807, 2.05) is 0 Å². The Morgan fingerprint density at radius 2 is 2.05 bits per heavy atom. The van der Waals surface area contributed by atoms with Crippen molar-refractivity contribution < 1.29 is 4.79 Å². The lowest BCUT2D eigenvalue weighted by Crippen LogP contribution is -2.40. The number of amides is 1. The molecule has 0 aliphatic carbocycles. The van der Waals surface area contributed by atoms with Gasteiger partial charge in [-0.25, -0.2) is 0 Å². The van der Waals surface area contributed by atoms with Gasteiger partial charge in [0.2, 0.25) is 5.91 Å². The molecular formula is C18H29N3O. The largest absolute Gasteiger partial charge is 0.355 e. The maximum atomic E-state index is 11.7. The molecule has 1 heterocycles. The number of hydrogen-bond acceptors (Lipinski definition) is 3. The molecule has 0 spiro atoms. The van der Waals surface area contributed by atoms with Crippen LogP contribution in [-0.2, 0) is 11.3 Å². The Morgan fingerprint density at radius 3 is 2.73 bits per heavy atom. The summed E-state index contributed by atoms with van der Waals surface area (Å²) >= 11 is 0. The first-order valence-corrected chi connectivity index (χ1v) is 8.30. The van der Waals surface area contributed by atoms with E-state index in [0.717, 1.165) is 32.5 Å². The lowest BCUT2D eigenvalue weighted by molar-refractivity contribution is -0.120. The molecule has 0 bridgehead atoms. The molecule has 2 N–H and O–H groups in total. The van der Waals surface area contributed by atoms with Gasteiger partial charge in [0.1, 0.15) is 0 Å². The topological polar surface area (TPSA) is 44.4 Å². The summed E-state index contributed by atoms with van der Waals surface area (Å²) in [5, 5.41) is 6.32. The van der Waals surface area contributed by atoms with Gasteiger partial charge in [0.05, 0.1) is 6.54 Å². The van der Waals surface area contributed by atoms with E-state index in [1.54, 1.807) is 0 Å². The number of nitrogens with zero attached hydrogens (tertiary/aromatic N) is 1. The SMILES string of the molecule is CCCNC(=O)CN[C@H]1CN(Cc2ccccc2)C(C)(C)C1. The molecule has 1 amide bonds. The molecular weight excluding hydrogens is 274 g/mol.